The van der Waals surface area contributed by atoms with E-state index in [1.807, 2.05) is 13.8 Å². The van der Waals surface area contributed by atoms with E-state index in [9.17, 15) is 14.7 Å². The molecule has 0 aliphatic carbocycles. The number of aliphatic hydroxyl groups excluding tert-OH is 1. The van der Waals surface area contributed by atoms with Gasteiger partial charge in [0.15, 0.2) is 0 Å². The molecule has 1 atom stereocenters. The van der Waals surface area contributed by atoms with Crippen molar-refractivity contribution in [2.45, 2.75) is 32.9 Å². The van der Waals surface area contributed by atoms with E-state index in [-0.39, 0.29) is 24.1 Å². The molecule has 100 valence electrons. The van der Waals surface area contributed by atoms with Crippen molar-refractivity contribution < 1.29 is 9.90 Å². The molecule has 5 heteroatoms. The van der Waals surface area contributed by atoms with Gasteiger partial charge in [-0.15, -0.1) is 0 Å². The molecular weight excluding hydrogens is 232 g/mol. The van der Waals surface area contributed by atoms with E-state index in [4.69, 9.17) is 0 Å². The van der Waals surface area contributed by atoms with E-state index < -0.39 is 6.10 Å². The molecule has 0 saturated carbocycles. The van der Waals surface area contributed by atoms with Crippen molar-refractivity contribution in [3.63, 3.8) is 0 Å². The Hall–Kier alpha value is -1.62. The molecule has 0 radical (unpaired) electrons. The zero-order valence-corrected chi connectivity index (χ0v) is 11.3. The molecule has 0 aromatic carbocycles. The highest BCUT2D eigenvalue weighted by Gasteiger charge is 2.22. The second-order valence-electron chi connectivity index (χ2n) is 4.71. The Morgan fingerprint density at radius 1 is 1.39 bits per heavy atom. The molecule has 1 rings (SSSR count). The third-order valence-corrected chi connectivity index (χ3v) is 2.75. The normalized spacial score (nSPS) is 12.6. The molecule has 5 nitrogen and oxygen atoms in total. The maximum atomic E-state index is 12.3. The van der Waals surface area contributed by atoms with Crippen molar-refractivity contribution in [3.8, 4) is 0 Å². The maximum Gasteiger partial charge on any atom is 0.270 e. The maximum absolute atomic E-state index is 12.3. The minimum Gasteiger partial charge on any atom is -0.392 e. The van der Waals surface area contributed by atoms with E-state index in [0.29, 0.717) is 5.69 Å². The van der Waals surface area contributed by atoms with Gasteiger partial charge in [0.25, 0.3) is 11.5 Å². The number of nitrogens with zero attached hydrogens (tertiary/aromatic N) is 2. The summed E-state index contributed by atoms with van der Waals surface area (Å²) in [7, 11) is 1.57. The Morgan fingerprint density at radius 3 is 2.50 bits per heavy atom. The Bertz CT molecular complexity index is 477. The predicted octanol–water partition coefficient (Wildman–Crippen LogP) is 0.617. The van der Waals surface area contributed by atoms with Crippen LogP contribution < -0.4 is 5.56 Å². The zero-order valence-electron chi connectivity index (χ0n) is 11.3. The molecule has 1 N–H and O–H groups in total. The molecule has 18 heavy (non-hydrogen) atoms. The lowest BCUT2D eigenvalue weighted by Crippen LogP contribution is -2.43. The van der Waals surface area contributed by atoms with Gasteiger partial charge in [0.1, 0.15) is 5.69 Å². The molecular formula is C13H20N2O3. The summed E-state index contributed by atoms with van der Waals surface area (Å²) in [5.41, 5.74) is 0.110. The zero-order chi connectivity index (χ0) is 13.9. The van der Waals surface area contributed by atoms with Crippen LogP contribution >= 0.6 is 0 Å². The summed E-state index contributed by atoms with van der Waals surface area (Å²) in [5, 5.41) is 9.43. The van der Waals surface area contributed by atoms with Gasteiger partial charge in [-0.05, 0) is 26.8 Å². The molecule has 1 aromatic rings. The van der Waals surface area contributed by atoms with Crippen molar-refractivity contribution >= 4 is 5.91 Å². The van der Waals surface area contributed by atoms with Crippen molar-refractivity contribution in [2.24, 2.45) is 7.05 Å². The second kappa shape index (κ2) is 5.82. The summed E-state index contributed by atoms with van der Waals surface area (Å²) in [4.78, 5) is 25.4. The Kier molecular flexibility index (Phi) is 4.67. The molecule has 0 aliphatic rings. The van der Waals surface area contributed by atoms with Crippen molar-refractivity contribution in [3.05, 3.63) is 34.2 Å². The number of amides is 1. The highest BCUT2D eigenvalue weighted by atomic mass is 16.3. The van der Waals surface area contributed by atoms with Gasteiger partial charge in [-0.1, -0.05) is 6.07 Å². The lowest BCUT2D eigenvalue weighted by atomic mass is 10.2. The number of rotatable bonds is 4. The first-order valence-electron chi connectivity index (χ1n) is 5.99. The van der Waals surface area contributed by atoms with Crippen LogP contribution in [-0.4, -0.2) is 39.2 Å². The first kappa shape index (κ1) is 14.4. The summed E-state index contributed by atoms with van der Waals surface area (Å²) >= 11 is 0. The van der Waals surface area contributed by atoms with E-state index in [1.54, 1.807) is 31.0 Å². The average Bonchev–Trinajstić information content (AvgIpc) is 2.28. The Labute approximate surface area is 107 Å². The summed E-state index contributed by atoms with van der Waals surface area (Å²) in [5.74, 6) is -0.244. The van der Waals surface area contributed by atoms with Gasteiger partial charge in [0.05, 0.1) is 6.10 Å². The standard InChI is InChI=1S/C13H20N2O3/c1-9(2)15(8-10(3)16)13(18)11-6-5-7-12(17)14(11)4/h5-7,9-10,16H,8H2,1-4H3. The number of carbonyl (C=O) groups excluding carboxylic acids is 1. The Balaban J connectivity index is 3.10. The van der Waals surface area contributed by atoms with Crippen LogP contribution in [0.5, 0.6) is 0 Å². The van der Waals surface area contributed by atoms with Crippen LogP contribution in [0, 0.1) is 0 Å². The molecule has 1 heterocycles. The Morgan fingerprint density at radius 2 is 2.00 bits per heavy atom. The topological polar surface area (TPSA) is 62.5 Å². The van der Waals surface area contributed by atoms with Crippen LogP contribution in [-0.2, 0) is 7.05 Å². The van der Waals surface area contributed by atoms with Gasteiger partial charge in [0, 0.05) is 25.7 Å². The monoisotopic (exact) mass is 252 g/mol. The largest absolute Gasteiger partial charge is 0.392 e. The molecule has 0 bridgehead atoms. The van der Waals surface area contributed by atoms with Gasteiger partial charge >= 0.3 is 0 Å². The highest BCUT2D eigenvalue weighted by molar-refractivity contribution is 5.92. The van der Waals surface area contributed by atoms with E-state index in [1.165, 1.54) is 10.6 Å². The summed E-state index contributed by atoms with van der Waals surface area (Å²) in [6.45, 7) is 5.63. The third kappa shape index (κ3) is 3.20. The number of hydrogen-bond acceptors (Lipinski definition) is 3. The van der Waals surface area contributed by atoms with Gasteiger partial charge in [-0.3, -0.25) is 9.59 Å². The molecule has 0 saturated heterocycles. The molecule has 0 spiro atoms. The molecule has 1 aromatic heterocycles. The smallest absolute Gasteiger partial charge is 0.270 e. The van der Waals surface area contributed by atoms with Crippen LogP contribution in [0.25, 0.3) is 0 Å². The number of aromatic nitrogens is 1. The first-order valence-corrected chi connectivity index (χ1v) is 5.99. The van der Waals surface area contributed by atoms with Gasteiger partial charge in [-0.2, -0.15) is 0 Å². The van der Waals surface area contributed by atoms with E-state index in [0.717, 1.165) is 0 Å². The minimum atomic E-state index is -0.600. The summed E-state index contributed by atoms with van der Waals surface area (Å²) < 4.78 is 1.32. The third-order valence-electron chi connectivity index (χ3n) is 2.75. The molecule has 0 fully saturated rings. The van der Waals surface area contributed by atoms with Crippen LogP contribution in [0.3, 0.4) is 0 Å². The molecule has 0 aliphatic heterocycles. The van der Waals surface area contributed by atoms with Gasteiger partial charge < -0.3 is 14.6 Å². The second-order valence-corrected chi connectivity index (χ2v) is 4.71. The fraction of sp³-hybridized carbons (Fsp3) is 0.538. The van der Waals surface area contributed by atoms with Crippen molar-refractivity contribution in [1.82, 2.24) is 9.47 Å². The lowest BCUT2D eigenvalue weighted by molar-refractivity contribution is 0.0568. The summed E-state index contributed by atoms with van der Waals surface area (Å²) in [6.07, 6.45) is -0.600. The van der Waals surface area contributed by atoms with E-state index >= 15 is 0 Å². The number of hydrogen-bond donors (Lipinski definition) is 1. The SMILES string of the molecule is CC(O)CN(C(=O)c1cccc(=O)n1C)C(C)C. The number of carbonyl (C=O) groups is 1. The van der Waals surface area contributed by atoms with Gasteiger partial charge in [0.2, 0.25) is 0 Å². The lowest BCUT2D eigenvalue weighted by Gasteiger charge is -2.28. The molecule has 1 amide bonds. The quantitative estimate of drug-likeness (QED) is 0.854. The highest BCUT2D eigenvalue weighted by Crippen LogP contribution is 2.07. The number of aliphatic hydroxyl groups is 1. The minimum absolute atomic E-state index is 0.0394. The average molecular weight is 252 g/mol. The van der Waals surface area contributed by atoms with Crippen molar-refractivity contribution in [1.29, 1.82) is 0 Å². The predicted molar refractivity (Wildman–Crippen MR) is 69.5 cm³/mol. The van der Waals surface area contributed by atoms with Crippen molar-refractivity contribution in [2.75, 3.05) is 6.54 Å². The van der Waals surface area contributed by atoms with Gasteiger partial charge in [-0.25, -0.2) is 0 Å². The number of pyridine rings is 1. The van der Waals surface area contributed by atoms with Crippen LogP contribution in [0.4, 0.5) is 0 Å². The fourth-order valence-corrected chi connectivity index (χ4v) is 1.74. The van der Waals surface area contributed by atoms with Crippen LogP contribution in [0.15, 0.2) is 23.0 Å². The first-order chi connectivity index (χ1) is 8.34. The van der Waals surface area contributed by atoms with Crippen LogP contribution in [0.1, 0.15) is 31.3 Å². The molecule has 1 unspecified atom stereocenters. The van der Waals surface area contributed by atoms with E-state index in [2.05, 4.69) is 0 Å². The van der Waals surface area contributed by atoms with Crippen LogP contribution in [0.2, 0.25) is 0 Å². The summed E-state index contributed by atoms with van der Waals surface area (Å²) in [6, 6.07) is 4.55. The fourth-order valence-electron chi connectivity index (χ4n) is 1.74.